The van der Waals surface area contributed by atoms with E-state index in [-0.39, 0.29) is 6.03 Å². The van der Waals surface area contributed by atoms with Crippen LogP contribution in [0.5, 0.6) is 5.75 Å². The summed E-state index contributed by atoms with van der Waals surface area (Å²) in [4.78, 5) is 13.3. The van der Waals surface area contributed by atoms with Crippen LogP contribution in [-0.2, 0) is 0 Å². The second-order valence-electron chi connectivity index (χ2n) is 3.65. The van der Waals surface area contributed by atoms with E-state index in [1.165, 1.54) is 0 Å². The molecule has 4 heteroatoms. The molecule has 0 unspecified atom stereocenters. The number of ether oxygens (including phenoxy) is 1. The van der Waals surface area contributed by atoms with Crippen molar-refractivity contribution in [2.75, 3.05) is 26.0 Å². The largest absolute Gasteiger partial charge is 0.495 e. The van der Waals surface area contributed by atoms with E-state index >= 15 is 0 Å². The molecule has 0 atom stereocenters. The van der Waals surface area contributed by atoms with Crippen LogP contribution < -0.4 is 10.1 Å². The number of methoxy groups -OCH3 is 1. The highest BCUT2D eigenvalue weighted by Gasteiger charge is 2.10. The SMILES string of the molecule is CCN(C)C(=O)Nc1cc(C)ccc1OC. The van der Waals surface area contributed by atoms with Gasteiger partial charge in [0.15, 0.2) is 0 Å². The fourth-order valence-corrected chi connectivity index (χ4v) is 1.27. The van der Waals surface area contributed by atoms with Gasteiger partial charge in [-0.3, -0.25) is 0 Å². The van der Waals surface area contributed by atoms with Gasteiger partial charge in [0.05, 0.1) is 12.8 Å². The summed E-state index contributed by atoms with van der Waals surface area (Å²) in [6.07, 6.45) is 0. The van der Waals surface area contributed by atoms with Gasteiger partial charge in [0.25, 0.3) is 0 Å². The minimum Gasteiger partial charge on any atom is -0.495 e. The standard InChI is InChI=1S/C12H18N2O2/c1-5-14(3)12(15)13-10-8-9(2)6-7-11(10)16-4/h6-8H,5H2,1-4H3,(H,13,15). The van der Waals surface area contributed by atoms with Crippen LogP contribution in [0.2, 0.25) is 0 Å². The zero-order chi connectivity index (χ0) is 12.1. The fourth-order valence-electron chi connectivity index (χ4n) is 1.27. The summed E-state index contributed by atoms with van der Waals surface area (Å²) in [6.45, 7) is 4.56. The van der Waals surface area contributed by atoms with Crippen LogP contribution in [0.15, 0.2) is 18.2 Å². The Morgan fingerprint density at radius 1 is 1.50 bits per heavy atom. The smallest absolute Gasteiger partial charge is 0.321 e. The lowest BCUT2D eigenvalue weighted by Gasteiger charge is -2.17. The van der Waals surface area contributed by atoms with E-state index in [4.69, 9.17) is 4.74 Å². The molecule has 88 valence electrons. The predicted molar refractivity (Wildman–Crippen MR) is 65.1 cm³/mol. The van der Waals surface area contributed by atoms with E-state index in [2.05, 4.69) is 5.32 Å². The summed E-state index contributed by atoms with van der Waals surface area (Å²) in [7, 11) is 3.33. The molecule has 1 N–H and O–H groups in total. The highest BCUT2D eigenvalue weighted by atomic mass is 16.5. The van der Waals surface area contributed by atoms with Crippen molar-refractivity contribution in [1.82, 2.24) is 4.90 Å². The third kappa shape index (κ3) is 2.89. The van der Waals surface area contributed by atoms with Crippen molar-refractivity contribution in [2.24, 2.45) is 0 Å². The number of aryl methyl sites for hydroxylation is 1. The van der Waals surface area contributed by atoms with Crippen molar-refractivity contribution >= 4 is 11.7 Å². The van der Waals surface area contributed by atoms with Gasteiger partial charge in [-0.2, -0.15) is 0 Å². The van der Waals surface area contributed by atoms with Crippen molar-refractivity contribution < 1.29 is 9.53 Å². The number of amides is 2. The van der Waals surface area contributed by atoms with E-state index in [1.807, 2.05) is 32.0 Å². The van der Waals surface area contributed by atoms with Crippen molar-refractivity contribution in [2.45, 2.75) is 13.8 Å². The van der Waals surface area contributed by atoms with Crippen molar-refractivity contribution in [1.29, 1.82) is 0 Å². The lowest BCUT2D eigenvalue weighted by Crippen LogP contribution is -2.31. The summed E-state index contributed by atoms with van der Waals surface area (Å²) in [6, 6.07) is 5.54. The Morgan fingerprint density at radius 2 is 2.19 bits per heavy atom. The summed E-state index contributed by atoms with van der Waals surface area (Å²) in [5, 5.41) is 2.81. The van der Waals surface area contributed by atoms with Gasteiger partial charge < -0.3 is 15.0 Å². The van der Waals surface area contributed by atoms with Crippen LogP contribution in [-0.4, -0.2) is 31.6 Å². The van der Waals surface area contributed by atoms with Crippen LogP contribution >= 0.6 is 0 Å². The molecule has 0 saturated heterocycles. The number of hydrogen-bond acceptors (Lipinski definition) is 2. The van der Waals surface area contributed by atoms with Crippen molar-refractivity contribution in [3.05, 3.63) is 23.8 Å². The first-order valence-electron chi connectivity index (χ1n) is 5.25. The molecule has 0 aromatic heterocycles. The Kier molecular flexibility index (Phi) is 4.17. The quantitative estimate of drug-likeness (QED) is 0.853. The molecule has 4 nitrogen and oxygen atoms in total. The number of nitrogens with zero attached hydrogens (tertiary/aromatic N) is 1. The van der Waals surface area contributed by atoms with E-state index in [0.717, 1.165) is 5.56 Å². The first-order valence-corrected chi connectivity index (χ1v) is 5.25. The Bertz CT molecular complexity index is 377. The van der Waals surface area contributed by atoms with Crippen molar-refractivity contribution in [3.63, 3.8) is 0 Å². The number of carbonyl (C=O) groups is 1. The molecule has 1 aromatic carbocycles. The van der Waals surface area contributed by atoms with E-state index in [9.17, 15) is 4.79 Å². The van der Waals surface area contributed by atoms with Crippen molar-refractivity contribution in [3.8, 4) is 5.75 Å². The molecule has 0 saturated carbocycles. The molecule has 1 rings (SSSR count). The number of hydrogen-bond donors (Lipinski definition) is 1. The van der Waals surface area contributed by atoms with E-state index in [0.29, 0.717) is 18.0 Å². The van der Waals surface area contributed by atoms with Crippen LogP contribution in [0.1, 0.15) is 12.5 Å². The maximum Gasteiger partial charge on any atom is 0.321 e. The van der Waals surface area contributed by atoms with Gasteiger partial charge in [-0.25, -0.2) is 4.79 Å². The first-order chi connectivity index (χ1) is 7.58. The van der Waals surface area contributed by atoms with Crippen LogP contribution in [0, 0.1) is 6.92 Å². The zero-order valence-corrected chi connectivity index (χ0v) is 10.2. The maximum absolute atomic E-state index is 11.7. The highest BCUT2D eigenvalue weighted by molar-refractivity contribution is 5.90. The van der Waals surface area contributed by atoms with Gasteiger partial charge in [0.1, 0.15) is 5.75 Å². The number of nitrogens with one attached hydrogen (secondary N) is 1. The van der Waals surface area contributed by atoms with Crippen LogP contribution in [0.25, 0.3) is 0 Å². The molecule has 0 heterocycles. The second kappa shape index (κ2) is 5.39. The average molecular weight is 222 g/mol. The Morgan fingerprint density at radius 3 is 2.75 bits per heavy atom. The molecule has 0 bridgehead atoms. The monoisotopic (exact) mass is 222 g/mol. The topological polar surface area (TPSA) is 41.6 Å². The molecule has 1 aromatic rings. The molecule has 0 aliphatic carbocycles. The molecule has 0 fully saturated rings. The molecule has 0 radical (unpaired) electrons. The first kappa shape index (κ1) is 12.4. The molecule has 0 spiro atoms. The Balaban J connectivity index is 2.87. The van der Waals surface area contributed by atoms with Gasteiger partial charge in [0, 0.05) is 13.6 Å². The number of anilines is 1. The molecule has 0 aliphatic rings. The lowest BCUT2D eigenvalue weighted by molar-refractivity contribution is 0.224. The number of urea groups is 1. The lowest BCUT2D eigenvalue weighted by atomic mass is 10.2. The number of benzene rings is 1. The summed E-state index contributed by atoms with van der Waals surface area (Å²) in [5.74, 6) is 0.670. The minimum atomic E-state index is -0.133. The normalized spacial score (nSPS) is 9.75. The highest BCUT2D eigenvalue weighted by Crippen LogP contribution is 2.25. The number of rotatable bonds is 3. The molecule has 2 amide bonds. The van der Waals surface area contributed by atoms with Gasteiger partial charge in [0.2, 0.25) is 0 Å². The predicted octanol–water partition coefficient (Wildman–Crippen LogP) is 2.49. The Hall–Kier alpha value is -1.71. The average Bonchev–Trinajstić information content (AvgIpc) is 2.28. The van der Waals surface area contributed by atoms with Gasteiger partial charge in [-0.05, 0) is 31.5 Å². The minimum absolute atomic E-state index is 0.133. The summed E-state index contributed by atoms with van der Waals surface area (Å²) in [5.41, 5.74) is 1.78. The zero-order valence-electron chi connectivity index (χ0n) is 10.2. The summed E-state index contributed by atoms with van der Waals surface area (Å²) >= 11 is 0. The van der Waals surface area contributed by atoms with Crippen LogP contribution in [0.4, 0.5) is 10.5 Å². The van der Waals surface area contributed by atoms with Crippen LogP contribution in [0.3, 0.4) is 0 Å². The van der Waals surface area contributed by atoms with E-state index in [1.54, 1.807) is 19.1 Å². The summed E-state index contributed by atoms with van der Waals surface area (Å²) < 4.78 is 5.18. The molecular weight excluding hydrogens is 204 g/mol. The molecule has 16 heavy (non-hydrogen) atoms. The third-order valence-corrected chi connectivity index (χ3v) is 2.42. The van der Waals surface area contributed by atoms with Gasteiger partial charge in [-0.15, -0.1) is 0 Å². The number of carbonyl (C=O) groups excluding carboxylic acids is 1. The Labute approximate surface area is 96.2 Å². The third-order valence-electron chi connectivity index (χ3n) is 2.42. The molecular formula is C12H18N2O2. The van der Waals surface area contributed by atoms with Gasteiger partial charge in [-0.1, -0.05) is 6.07 Å². The second-order valence-corrected chi connectivity index (χ2v) is 3.65. The molecule has 0 aliphatic heterocycles. The maximum atomic E-state index is 11.7. The fraction of sp³-hybridized carbons (Fsp3) is 0.417. The van der Waals surface area contributed by atoms with Gasteiger partial charge >= 0.3 is 6.03 Å². The van der Waals surface area contributed by atoms with E-state index < -0.39 is 0 Å².